The van der Waals surface area contributed by atoms with Crippen LogP contribution in [0.2, 0.25) is 0 Å². The van der Waals surface area contributed by atoms with Crippen molar-refractivity contribution < 1.29 is 9.59 Å². The average Bonchev–Trinajstić information content (AvgIpc) is 3.00. The Hall–Kier alpha value is -1.88. The second-order valence-electron chi connectivity index (χ2n) is 6.60. The maximum Gasteiger partial charge on any atom is 0.253 e. The van der Waals surface area contributed by atoms with Gasteiger partial charge in [-0.2, -0.15) is 0 Å². The molecule has 1 heterocycles. The zero-order valence-corrected chi connectivity index (χ0v) is 13.5. The van der Waals surface area contributed by atoms with Crippen molar-refractivity contribution in [3.63, 3.8) is 0 Å². The minimum atomic E-state index is 0.0514. The van der Waals surface area contributed by atoms with Gasteiger partial charge in [0, 0.05) is 44.2 Å². The van der Waals surface area contributed by atoms with Crippen molar-refractivity contribution in [2.75, 3.05) is 26.2 Å². The first-order valence-electron chi connectivity index (χ1n) is 8.53. The van der Waals surface area contributed by atoms with Crippen LogP contribution in [0.25, 0.3) is 0 Å². The third-order valence-corrected chi connectivity index (χ3v) is 5.10. The lowest BCUT2D eigenvalue weighted by Crippen LogP contribution is -2.51. The molecule has 23 heavy (non-hydrogen) atoms. The molecular formula is C18H25N3O2. The maximum atomic E-state index is 12.4. The zero-order chi connectivity index (χ0) is 16.2. The van der Waals surface area contributed by atoms with E-state index in [9.17, 15) is 9.59 Å². The standard InChI is InChI=1S/C18H25N3O2/c19-16-8-4-7-15(16)13-17(22)20-9-11-21(12-10-20)18(23)14-5-2-1-3-6-14/h1-3,5-6,15-16H,4,7-13,19H2/t15-,16+/m0/s1. The third-order valence-electron chi connectivity index (χ3n) is 5.10. The van der Waals surface area contributed by atoms with E-state index in [1.807, 2.05) is 40.1 Å². The molecule has 0 spiro atoms. The number of carbonyl (C=O) groups excluding carboxylic acids is 2. The van der Waals surface area contributed by atoms with Gasteiger partial charge in [0.15, 0.2) is 0 Å². The molecule has 2 amide bonds. The first-order chi connectivity index (χ1) is 11.1. The van der Waals surface area contributed by atoms with Gasteiger partial charge in [0.25, 0.3) is 5.91 Å². The van der Waals surface area contributed by atoms with Gasteiger partial charge in [-0.3, -0.25) is 9.59 Å². The fraction of sp³-hybridized carbons (Fsp3) is 0.556. The summed E-state index contributed by atoms with van der Waals surface area (Å²) >= 11 is 0. The summed E-state index contributed by atoms with van der Waals surface area (Å²) in [5.74, 6) is 0.584. The molecule has 1 aliphatic carbocycles. The molecule has 5 nitrogen and oxygen atoms in total. The summed E-state index contributed by atoms with van der Waals surface area (Å²) < 4.78 is 0. The van der Waals surface area contributed by atoms with Gasteiger partial charge in [-0.1, -0.05) is 24.6 Å². The topological polar surface area (TPSA) is 66.6 Å². The van der Waals surface area contributed by atoms with Crippen molar-refractivity contribution in [3.05, 3.63) is 35.9 Å². The molecule has 2 aliphatic rings. The SMILES string of the molecule is N[C@@H]1CCC[C@H]1CC(=O)N1CCN(C(=O)c2ccccc2)CC1. The molecule has 0 unspecified atom stereocenters. The van der Waals surface area contributed by atoms with E-state index in [2.05, 4.69) is 0 Å². The van der Waals surface area contributed by atoms with Crippen molar-refractivity contribution in [3.8, 4) is 0 Å². The highest BCUT2D eigenvalue weighted by Gasteiger charge is 2.30. The van der Waals surface area contributed by atoms with Gasteiger partial charge >= 0.3 is 0 Å². The molecule has 1 saturated heterocycles. The van der Waals surface area contributed by atoms with Gasteiger partial charge in [-0.15, -0.1) is 0 Å². The Morgan fingerprint density at radius 1 is 1.00 bits per heavy atom. The Morgan fingerprint density at radius 2 is 1.65 bits per heavy atom. The molecule has 124 valence electrons. The highest BCUT2D eigenvalue weighted by atomic mass is 16.2. The number of nitrogens with two attached hydrogens (primary N) is 1. The van der Waals surface area contributed by atoms with Gasteiger partial charge in [0.1, 0.15) is 0 Å². The highest BCUT2D eigenvalue weighted by Crippen LogP contribution is 2.27. The number of piperazine rings is 1. The van der Waals surface area contributed by atoms with Crippen LogP contribution in [0.3, 0.4) is 0 Å². The molecule has 2 atom stereocenters. The van der Waals surface area contributed by atoms with Crippen LogP contribution in [0.4, 0.5) is 0 Å². The second-order valence-corrected chi connectivity index (χ2v) is 6.60. The molecule has 2 N–H and O–H groups in total. The van der Waals surface area contributed by atoms with Gasteiger partial charge in [-0.25, -0.2) is 0 Å². The van der Waals surface area contributed by atoms with Crippen LogP contribution < -0.4 is 5.73 Å². The zero-order valence-electron chi connectivity index (χ0n) is 13.5. The molecular weight excluding hydrogens is 290 g/mol. The average molecular weight is 315 g/mol. The first-order valence-corrected chi connectivity index (χ1v) is 8.53. The van der Waals surface area contributed by atoms with Gasteiger partial charge < -0.3 is 15.5 Å². The maximum absolute atomic E-state index is 12.4. The molecule has 1 saturated carbocycles. The predicted molar refractivity (Wildman–Crippen MR) is 88.9 cm³/mol. The monoisotopic (exact) mass is 315 g/mol. The Labute approximate surface area is 137 Å². The van der Waals surface area contributed by atoms with Crippen molar-refractivity contribution in [2.24, 2.45) is 11.7 Å². The summed E-state index contributed by atoms with van der Waals surface area (Å²) in [5, 5.41) is 0. The number of hydrogen-bond acceptors (Lipinski definition) is 3. The van der Waals surface area contributed by atoms with Gasteiger partial charge in [0.05, 0.1) is 0 Å². The minimum Gasteiger partial charge on any atom is -0.339 e. The van der Waals surface area contributed by atoms with Crippen LogP contribution in [0.1, 0.15) is 36.0 Å². The van der Waals surface area contributed by atoms with Crippen molar-refractivity contribution in [2.45, 2.75) is 31.7 Å². The number of benzene rings is 1. The summed E-state index contributed by atoms with van der Waals surface area (Å²) in [6.45, 7) is 2.46. The Bertz CT molecular complexity index is 553. The van der Waals surface area contributed by atoms with E-state index in [-0.39, 0.29) is 17.9 Å². The summed E-state index contributed by atoms with van der Waals surface area (Å²) in [6, 6.07) is 9.50. The minimum absolute atomic E-state index is 0.0514. The Morgan fingerprint density at radius 3 is 2.26 bits per heavy atom. The van der Waals surface area contributed by atoms with E-state index in [0.29, 0.717) is 44.1 Å². The number of hydrogen-bond donors (Lipinski definition) is 1. The quantitative estimate of drug-likeness (QED) is 0.919. The third kappa shape index (κ3) is 3.72. The number of rotatable bonds is 3. The lowest BCUT2D eigenvalue weighted by Gasteiger charge is -2.35. The molecule has 0 aromatic heterocycles. The largest absolute Gasteiger partial charge is 0.339 e. The molecule has 1 aromatic carbocycles. The van der Waals surface area contributed by atoms with E-state index in [4.69, 9.17) is 5.73 Å². The predicted octanol–water partition coefficient (Wildman–Crippen LogP) is 1.49. The fourth-order valence-corrected chi connectivity index (χ4v) is 3.59. The van der Waals surface area contributed by atoms with Crippen LogP contribution in [0.15, 0.2) is 30.3 Å². The van der Waals surface area contributed by atoms with E-state index in [1.165, 1.54) is 0 Å². The number of carbonyl (C=O) groups is 2. The molecule has 0 radical (unpaired) electrons. The van der Waals surface area contributed by atoms with Crippen LogP contribution >= 0.6 is 0 Å². The van der Waals surface area contributed by atoms with Crippen LogP contribution in [-0.2, 0) is 4.79 Å². The molecule has 1 aliphatic heterocycles. The molecule has 3 rings (SSSR count). The van der Waals surface area contributed by atoms with Crippen LogP contribution in [-0.4, -0.2) is 53.8 Å². The van der Waals surface area contributed by atoms with E-state index in [1.54, 1.807) is 0 Å². The fourth-order valence-electron chi connectivity index (χ4n) is 3.59. The summed E-state index contributed by atoms with van der Waals surface area (Å²) in [5.41, 5.74) is 6.77. The van der Waals surface area contributed by atoms with Crippen molar-refractivity contribution >= 4 is 11.8 Å². The van der Waals surface area contributed by atoms with E-state index >= 15 is 0 Å². The van der Waals surface area contributed by atoms with Crippen molar-refractivity contribution in [1.29, 1.82) is 0 Å². The molecule has 2 fully saturated rings. The lowest BCUT2D eigenvalue weighted by molar-refractivity contribution is -0.133. The molecule has 0 bridgehead atoms. The smallest absolute Gasteiger partial charge is 0.253 e. The number of nitrogens with zero attached hydrogens (tertiary/aromatic N) is 2. The van der Waals surface area contributed by atoms with Gasteiger partial charge in [-0.05, 0) is 30.9 Å². The van der Waals surface area contributed by atoms with E-state index in [0.717, 1.165) is 19.3 Å². The normalized spacial score (nSPS) is 24.7. The Balaban J connectivity index is 1.50. The van der Waals surface area contributed by atoms with Crippen LogP contribution in [0.5, 0.6) is 0 Å². The Kier molecular flexibility index (Phi) is 4.96. The lowest BCUT2D eigenvalue weighted by atomic mass is 9.99. The summed E-state index contributed by atoms with van der Waals surface area (Å²) in [4.78, 5) is 28.5. The first kappa shape index (κ1) is 16.0. The van der Waals surface area contributed by atoms with Crippen molar-refractivity contribution in [1.82, 2.24) is 9.80 Å². The highest BCUT2D eigenvalue weighted by molar-refractivity contribution is 5.94. The molecule has 1 aromatic rings. The second kappa shape index (κ2) is 7.13. The van der Waals surface area contributed by atoms with Crippen LogP contribution in [0, 0.1) is 5.92 Å². The summed E-state index contributed by atoms with van der Waals surface area (Å²) in [6.07, 6.45) is 3.81. The summed E-state index contributed by atoms with van der Waals surface area (Å²) in [7, 11) is 0. The number of amides is 2. The van der Waals surface area contributed by atoms with E-state index < -0.39 is 0 Å². The van der Waals surface area contributed by atoms with Gasteiger partial charge in [0.2, 0.25) is 5.91 Å². The molecule has 5 heteroatoms.